The molecular weight excluding hydrogens is 593 g/mol. The van der Waals surface area contributed by atoms with Gasteiger partial charge in [-0.2, -0.15) is 0 Å². The summed E-state index contributed by atoms with van der Waals surface area (Å²) in [6, 6.07) is 25.8. The maximum Gasteiger partial charge on any atom is 0.494 e. The summed E-state index contributed by atoms with van der Waals surface area (Å²) in [6.45, 7) is 13.4. The fourth-order valence-corrected chi connectivity index (χ4v) is 5.29. The van der Waals surface area contributed by atoms with Crippen molar-refractivity contribution in [1.29, 1.82) is 0 Å². The molecule has 0 spiro atoms. The minimum absolute atomic E-state index is 0.0648. The fraction of sp³-hybridized carbons (Fsp3) is 0.447. The van der Waals surface area contributed by atoms with Crippen molar-refractivity contribution < 1.29 is 33.2 Å². The van der Waals surface area contributed by atoms with Crippen molar-refractivity contribution in [2.45, 2.75) is 104 Å². The van der Waals surface area contributed by atoms with Gasteiger partial charge in [0, 0.05) is 12.3 Å². The molecule has 0 radical (unpaired) electrons. The van der Waals surface area contributed by atoms with Crippen molar-refractivity contribution in [3.05, 3.63) is 102 Å². The number of benzene rings is 3. The van der Waals surface area contributed by atoms with Crippen LogP contribution in [0.25, 0.3) is 0 Å². The van der Waals surface area contributed by atoms with Gasteiger partial charge in [0.25, 0.3) is 0 Å². The SMILES string of the molecule is CC(C)(C)OC(=O)C[C@@H](CCc1ccccc1)C(=O)N[C@@H](Cc1cccc(B2OC(C)(C)C(C)(C)O2)c1)C(=O)OCc1ccccc1. The van der Waals surface area contributed by atoms with E-state index in [1.54, 1.807) is 20.8 Å². The predicted molar refractivity (Wildman–Crippen MR) is 183 cm³/mol. The summed E-state index contributed by atoms with van der Waals surface area (Å²) in [5, 5.41) is 2.94. The molecule has 1 saturated heterocycles. The number of hydrogen-bond acceptors (Lipinski definition) is 7. The van der Waals surface area contributed by atoms with Crippen molar-refractivity contribution in [3.8, 4) is 0 Å². The van der Waals surface area contributed by atoms with E-state index in [1.807, 2.05) is 113 Å². The van der Waals surface area contributed by atoms with E-state index in [4.69, 9.17) is 18.8 Å². The Labute approximate surface area is 279 Å². The lowest BCUT2D eigenvalue weighted by atomic mass is 9.78. The number of amides is 1. The number of aryl methyl sites for hydroxylation is 1. The third-order valence-electron chi connectivity index (χ3n) is 8.57. The zero-order valence-corrected chi connectivity index (χ0v) is 28.7. The van der Waals surface area contributed by atoms with Crippen molar-refractivity contribution >= 4 is 30.4 Å². The summed E-state index contributed by atoms with van der Waals surface area (Å²) in [6.07, 6.45) is 1.04. The number of rotatable bonds is 13. The number of carbonyl (C=O) groups is 3. The molecule has 0 unspecified atom stereocenters. The zero-order chi connectivity index (χ0) is 34.2. The molecule has 3 aromatic carbocycles. The van der Waals surface area contributed by atoms with Gasteiger partial charge in [0.15, 0.2) is 0 Å². The number of hydrogen-bond donors (Lipinski definition) is 1. The van der Waals surface area contributed by atoms with Gasteiger partial charge in [-0.25, -0.2) is 4.79 Å². The maximum atomic E-state index is 13.9. The van der Waals surface area contributed by atoms with Crippen LogP contribution in [0.2, 0.25) is 0 Å². The molecule has 9 heteroatoms. The van der Waals surface area contributed by atoms with Gasteiger partial charge in [0.05, 0.1) is 17.6 Å². The van der Waals surface area contributed by atoms with Crippen LogP contribution < -0.4 is 10.8 Å². The minimum atomic E-state index is -1.00. The molecule has 47 heavy (non-hydrogen) atoms. The lowest BCUT2D eigenvalue weighted by molar-refractivity contribution is -0.157. The molecule has 4 rings (SSSR count). The van der Waals surface area contributed by atoms with Gasteiger partial charge in [-0.1, -0.05) is 84.9 Å². The van der Waals surface area contributed by atoms with E-state index in [1.165, 1.54) is 0 Å². The molecule has 0 bridgehead atoms. The monoisotopic (exact) mass is 641 g/mol. The summed E-state index contributed by atoms with van der Waals surface area (Å²) in [7, 11) is -0.575. The highest BCUT2D eigenvalue weighted by Gasteiger charge is 2.51. The van der Waals surface area contributed by atoms with Gasteiger partial charge < -0.3 is 24.1 Å². The molecule has 1 amide bonds. The fourth-order valence-electron chi connectivity index (χ4n) is 5.29. The Morgan fingerprint density at radius 2 is 1.38 bits per heavy atom. The van der Waals surface area contributed by atoms with Crippen LogP contribution in [0.5, 0.6) is 0 Å². The molecule has 8 nitrogen and oxygen atoms in total. The van der Waals surface area contributed by atoms with Crippen LogP contribution in [0.4, 0.5) is 0 Å². The quantitative estimate of drug-likeness (QED) is 0.188. The number of ether oxygens (including phenoxy) is 2. The van der Waals surface area contributed by atoms with Gasteiger partial charge in [-0.05, 0) is 83.5 Å². The molecule has 2 atom stereocenters. The lowest BCUT2D eigenvalue weighted by Crippen LogP contribution is -2.46. The number of esters is 2. The van der Waals surface area contributed by atoms with E-state index < -0.39 is 53.7 Å². The molecule has 250 valence electrons. The summed E-state index contributed by atoms with van der Waals surface area (Å²) in [5.41, 5.74) is 1.79. The molecule has 0 aliphatic carbocycles. The van der Waals surface area contributed by atoms with E-state index in [2.05, 4.69) is 5.32 Å². The van der Waals surface area contributed by atoms with Crippen LogP contribution in [0.1, 0.15) is 78.0 Å². The summed E-state index contributed by atoms with van der Waals surface area (Å²) >= 11 is 0. The standard InChI is InChI=1S/C38H48BNO7/c1-36(2,3)45-33(41)25-30(22-21-27-15-10-8-11-16-27)34(42)40-32(35(43)44-26-28-17-12-9-13-18-28)24-29-19-14-20-31(23-29)39-46-37(4,5)38(6,7)47-39/h8-20,23,30,32H,21-22,24-26H2,1-7H3,(H,40,42)/t30-,32+/m1/s1. The Balaban J connectivity index is 1.55. The topological polar surface area (TPSA) is 100 Å². The molecule has 0 saturated carbocycles. The smallest absolute Gasteiger partial charge is 0.460 e. The molecule has 1 aliphatic rings. The van der Waals surface area contributed by atoms with Gasteiger partial charge in [0.2, 0.25) is 5.91 Å². The molecule has 1 heterocycles. The van der Waals surface area contributed by atoms with E-state index in [0.717, 1.165) is 22.2 Å². The Morgan fingerprint density at radius 1 is 0.809 bits per heavy atom. The van der Waals surface area contributed by atoms with Gasteiger partial charge in [0.1, 0.15) is 18.2 Å². The first-order valence-corrected chi connectivity index (χ1v) is 16.3. The van der Waals surface area contributed by atoms with Crippen molar-refractivity contribution in [3.63, 3.8) is 0 Å². The van der Waals surface area contributed by atoms with E-state index >= 15 is 0 Å². The number of nitrogens with one attached hydrogen (secondary N) is 1. The second-order valence-corrected chi connectivity index (χ2v) is 14.2. The van der Waals surface area contributed by atoms with Gasteiger partial charge >= 0.3 is 19.1 Å². The highest BCUT2D eigenvalue weighted by atomic mass is 16.7. The van der Waals surface area contributed by atoms with E-state index in [9.17, 15) is 14.4 Å². The normalized spacial score (nSPS) is 16.6. The molecule has 1 fully saturated rings. The second-order valence-electron chi connectivity index (χ2n) is 14.2. The Bertz CT molecular complexity index is 1490. The summed E-state index contributed by atoms with van der Waals surface area (Å²) < 4.78 is 23.8. The van der Waals surface area contributed by atoms with E-state index in [0.29, 0.717) is 12.8 Å². The van der Waals surface area contributed by atoms with Crippen molar-refractivity contribution in [1.82, 2.24) is 5.32 Å². The van der Waals surface area contributed by atoms with Crippen LogP contribution in [0.3, 0.4) is 0 Å². The molecular formula is C38H48BNO7. The van der Waals surface area contributed by atoms with Crippen molar-refractivity contribution in [2.24, 2.45) is 5.92 Å². The van der Waals surface area contributed by atoms with Crippen LogP contribution in [-0.4, -0.2) is 47.8 Å². The third kappa shape index (κ3) is 10.5. The summed E-state index contributed by atoms with van der Waals surface area (Å²) in [5.74, 6) is -2.16. The number of carbonyl (C=O) groups excluding carboxylic acids is 3. The molecule has 0 aromatic heterocycles. The van der Waals surface area contributed by atoms with E-state index in [-0.39, 0.29) is 19.4 Å². The average molecular weight is 642 g/mol. The minimum Gasteiger partial charge on any atom is -0.460 e. The zero-order valence-electron chi connectivity index (χ0n) is 28.7. The van der Waals surface area contributed by atoms with Crippen LogP contribution in [0.15, 0.2) is 84.9 Å². The third-order valence-corrected chi connectivity index (χ3v) is 8.57. The first-order chi connectivity index (χ1) is 22.1. The Morgan fingerprint density at radius 3 is 1.98 bits per heavy atom. The Kier molecular flexibility index (Phi) is 11.7. The molecule has 1 aliphatic heterocycles. The molecule has 3 aromatic rings. The van der Waals surface area contributed by atoms with Crippen LogP contribution in [0, 0.1) is 5.92 Å². The lowest BCUT2D eigenvalue weighted by Gasteiger charge is -2.32. The first-order valence-electron chi connectivity index (χ1n) is 16.3. The Hall–Kier alpha value is -3.95. The highest BCUT2D eigenvalue weighted by molar-refractivity contribution is 6.62. The van der Waals surface area contributed by atoms with Gasteiger partial charge in [-0.15, -0.1) is 0 Å². The van der Waals surface area contributed by atoms with Crippen LogP contribution in [-0.2, 0) is 52.6 Å². The van der Waals surface area contributed by atoms with Crippen LogP contribution >= 0.6 is 0 Å². The van der Waals surface area contributed by atoms with Gasteiger partial charge in [-0.3, -0.25) is 9.59 Å². The maximum absolute atomic E-state index is 13.9. The largest absolute Gasteiger partial charge is 0.494 e. The first kappa shape index (κ1) is 35.9. The summed E-state index contributed by atoms with van der Waals surface area (Å²) in [4.78, 5) is 40.4. The molecule has 1 N–H and O–H groups in total. The second kappa shape index (κ2) is 15.3. The highest BCUT2D eigenvalue weighted by Crippen LogP contribution is 2.36. The average Bonchev–Trinajstić information content (AvgIpc) is 3.24. The van der Waals surface area contributed by atoms with Crippen molar-refractivity contribution in [2.75, 3.05) is 0 Å². The predicted octanol–water partition coefficient (Wildman–Crippen LogP) is 5.74.